The van der Waals surface area contributed by atoms with Gasteiger partial charge in [-0.1, -0.05) is 28.1 Å². The quantitative estimate of drug-likeness (QED) is 0.852. The number of halogens is 1. The van der Waals surface area contributed by atoms with E-state index in [1.54, 1.807) is 7.11 Å². The number of nitrogens with two attached hydrogens (primary N) is 1. The summed E-state index contributed by atoms with van der Waals surface area (Å²) in [7, 11) is 1.80. The minimum atomic E-state index is 0.0475. The number of likely N-dealkylation sites (tertiary alicyclic amines) is 1. The van der Waals surface area contributed by atoms with E-state index in [2.05, 4.69) is 52.0 Å². The summed E-state index contributed by atoms with van der Waals surface area (Å²) in [6, 6.07) is 8.60. The van der Waals surface area contributed by atoms with Gasteiger partial charge in [-0.25, -0.2) is 0 Å². The molecule has 0 saturated carbocycles. The van der Waals surface area contributed by atoms with Crippen molar-refractivity contribution in [2.75, 3.05) is 33.4 Å². The highest BCUT2D eigenvalue weighted by molar-refractivity contribution is 9.10. The SMILES string of the molecule is COCC1CCN(C(C)(CN)Cc2ccc(Br)cc2)CC1. The van der Waals surface area contributed by atoms with Crippen LogP contribution in [0.4, 0.5) is 0 Å². The molecule has 1 aromatic carbocycles. The highest BCUT2D eigenvalue weighted by Crippen LogP contribution is 2.27. The first-order chi connectivity index (χ1) is 10.1. The van der Waals surface area contributed by atoms with Crippen LogP contribution in [-0.4, -0.2) is 43.8 Å². The van der Waals surface area contributed by atoms with Crippen LogP contribution in [0.25, 0.3) is 0 Å². The van der Waals surface area contributed by atoms with Crippen LogP contribution in [-0.2, 0) is 11.2 Å². The van der Waals surface area contributed by atoms with Crippen molar-refractivity contribution in [3.63, 3.8) is 0 Å². The lowest BCUT2D eigenvalue weighted by Crippen LogP contribution is -2.56. The molecule has 1 fully saturated rings. The highest BCUT2D eigenvalue weighted by atomic mass is 79.9. The molecule has 1 unspecified atom stereocenters. The molecular weight excluding hydrogens is 328 g/mol. The van der Waals surface area contributed by atoms with E-state index in [0.29, 0.717) is 12.5 Å². The Kier molecular flexibility index (Phi) is 6.23. The molecular formula is C17H27BrN2O. The summed E-state index contributed by atoms with van der Waals surface area (Å²) in [5, 5.41) is 0. The number of methoxy groups -OCH3 is 1. The van der Waals surface area contributed by atoms with Crippen LogP contribution in [0, 0.1) is 5.92 Å². The van der Waals surface area contributed by atoms with Crippen LogP contribution in [0.5, 0.6) is 0 Å². The molecule has 1 aromatic rings. The van der Waals surface area contributed by atoms with Crippen molar-refractivity contribution >= 4 is 15.9 Å². The molecule has 0 radical (unpaired) electrons. The molecule has 1 atom stereocenters. The zero-order valence-corrected chi connectivity index (χ0v) is 14.7. The van der Waals surface area contributed by atoms with Crippen LogP contribution in [0.1, 0.15) is 25.3 Å². The summed E-state index contributed by atoms with van der Waals surface area (Å²) in [5.41, 5.74) is 7.53. The van der Waals surface area contributed by atoms with E-state index < -0.39 is 0 Å². The smallest absolute Gasteiger partial charge is 0.0491 e. The average molecular weight is 355 g/mol. The fourth-order valence-electron chi connectivity index (χ4n) is 3.23. The molecule has 0 aliphatic carbocycles. The number of rotatable bonds is 6. The van der Waals surface area contributed by atoms with Gasteiger partial charge in [-0.2, -0.15) is 0 Å². The fraction of sp³-hybridized carbons (Fsp3) is 0.647. The zero-order chi connectivity index (χ0) is 15.3. The molecule has 0 amide bonds. The summed E-state index contributed by atoms with van der Waals surface area (Å²) >= 11 is 3.49. The van der Waals surface area contributed by atoms with Gasteiger partial charge in [0.15, 0.2) is 0 Å². The van der Waals surface area contributed by atoms with Gasteiger partial charge in [-0.3, -0.25) is 4.90 Å². The second-order valence-corrected chi connectivity index (χ2v) is 7.31. The van der Waals surface area contributed by atoms with Gasteiger partial charge in [0, 0.05) is 30.3 Å². The van der Waals surface area contributed by atoms with Gasteiger partial charge in [0.05, 0.1) is 0 Å². The monoisotopic (exact) mass is 354 g/mol. The maximum absolute atomic E-state index is 6.13. The van der Waals surface area contributed by atoms with Gasteiger partial charge in [0.1, 0.15) is 0 Å². The highest BCUT2D eigenvalue weighted by Gasteiger charge is 2.33. The van der Waals surface area contributed by atoms with Gasteiger partial charge in [0.25, 0.3) is 0 Å². The van der Waals surface area contributed by atoms with Crippen LogP contribution in [0.15, 0.2) is 28.7 Å². The number of hydrogen-bond acceptors (Lipinski definition) is 3. The molecule has 1 heterocycles. The Labute approximate surface area is 137 Å². The summed E-state index contributed by atoms with van der Waals surface area (Å²) in [6.45, 7) is 6.13. The number of hydrogen-bond donors (Lipinski definition) is 1. The molecule has 1 aliphatic rings. The van der Waals surface area contributed by atoms with E-state index in [0.717, 1.165) is 30.6 Å². The minimum absolute atomic E-state index is 0.0475. The summed E-state index contributed by atoms with van der Waals surface area (Å²) in [6.07, 6.45) is 3.43. The lowest BCUT2D eigenvalue weighted by Gasteiger charge is -2.44. The Morgan fingerprint density at radius 1 is 1.29 bits per heavy atom. The van der Waals surface area contributed by atoms with E-state index in [4.69, 9.17) is 10.5 Å². The van der Waals surface area contributed by atoms with Gasteiger partial charge in [-0.05, 0) is 62.9 Å². The molecule has 1 aliphatic heterocycles. The van der Waals surface area contributed by atoms with Crippen molar-refractivity contribution in [1.29, 1.82) is 0 Å². The Bertz CT molecular complexity index is 429. The standard InChI is InChI=1S/C17H27BrN2O/c1-17(13-19,11-14-3-5-16(18)6-4-14)20-9-7-15(8-10-20)12-21-2/h3-6,15H,7-13,19H2,1-2H3. The molecule has 3 nitrogen and oxygen atoms in total. The van der Waals surface area contributed by atoms with E-state index >= 15 is 0 Å². The Morgan fingerprint density at radius 2 is 1.90 bits per heavy atom. The van der Waals surface area contributed by atoms with Crippen LogP contribution in [0.3, 0.4) is 0 Å². The Hall–Kier alpha value is -0.420. The normalized spacial score (nSPS) is 20.4. The van der Waals surface area contributed by atoms with E-state index in [1.807, 2.05) is 0 Å². The number of ether oxygens (including phenoxy) is 1. The second-order valence-electron chi connectivity index (χ2n) is 6.39. The van der Waals surface area contributed by atoms with Gasteiger partial charge < -0.3 is 10.5 Å². The molecule has 2 N–H and O–H groups in total. The molecule has 21 heavy (non-hydrogen) atoms. The zero-order valence-electron chi connectivity index (χ0n) is 13.1. The number of benzene rings is 1. The first-order valence-corrected chi connectivity index (χ1v) is 8.55. The van der Waals surface area contributed by atoms with Crippen LogP contribution >= 0.6 is 15.9 Å². The second kappa shape index (κ2) is 7.73. The maximum atomic E-state index is 6.13. The van der Waals surface area contributed by atoms with Crippen LogP contribution in [0.2, 0.25) is 0 Å². The van der Waals surface area contributed by atoms with Gasteiger partial charge >= 0.3 is 0 Å². The summed E-state index contributed by atoms with van der Waals surface area (Å²) in [5.74, 6) is 0.709. The van der Waals surface area contributed by atoms with E-state index in [-0.39, 0.29) is 5.54 Å². The molecule has 0 bridgehead atoms. The Balaban J connectivity index is 1.99. The minimum Gasteiger partial charge on any atom is -0.384 e. The molecule has 0 aromatic heterocycles. The van der Waals surface area contributed by atoms with E-state index in [9.17, 15) is 0 Å². The number of piperidine rings is 1. The molecule has 118 valence electrons. The number of nitrogens with zero attached hydrogens (tertiary/aromatic N) is 1. The first-order valence-electron chi connectivity index (χ1n) is 7.76. The predicted molar refractivity (Wildman–Crippen MR) is 91.5 cm³/mol. The van der Waals surface area contributed by atoms with Crippen molar-refractivity contribution in [3.05, 3.63) is 34.3 Å². The predicted octanol–water partition coefficient (Wildman–Crippen LogP) is 3.07. The summed E-state index contributed by atoms with van der Waals surface area (Å²) in [4.78, 5) is 2.57. The largest absolute Gasteiger partial charge is 0.384 e. The third-order valence-corrected chi connectivity index (χ3v) is 5.25. The average Bonchev–Trinajstić information content (AvgIpc) is 2.50. The van der Waals surface area contributed by atoms with Crippen molar-refractivity contribution in [3.8, 4) is 0 Å². The van der Waals surface area contributed by atoms with Crippen molar-refractivity contribution < 1.29 is 4.74 Å². The maximum Gasteiger partial charge on any atom is 0.0491 e. The van der Waals surface area contributed by atoms with Crippen molar-refractivity contribution in [1.82, 2.24) is 4.90 Å². The lowest BCUT2D eigenvalue weighted by atomic mass is 9.87. The van der Waals surface area contributed by atoms with Gasteiger partial charge in [0.2, 0.25) is 0 Å². The van der Waals surface area contributed by atoms with Crippen LogP contribution < -0.4 is 5.73 Å². The molecule has 2 rings (SSSR count). The molecule has 4 heteroatoms. The molecule has 1 saturated heterocycles. The van der Waals surface area contributed by atoms with E-state index in [1.165, 1.54) is 18.4 Å². The molecule has 0 spiro atoms. The Morgan fingerprint density at radius 3 is 2.43 bits per heavy atom. The fourth-order valence-corrected chi connectivity index (χ4v) is 3.49. The summed E-state index contributed by atoms with van der Waals surface area (Å²) < 4.78 is 6.41. The first kappa shape index (κ1) is 16.9. The topological polar surface area (TPSA) is 38.5 Å². The van der Waals surface area contributed by atoms with Crippen molar-refractivity contribution in [2.24, 2.45) is 11.7 Å². The van der Waals surface area contributed by atoms with Crippen molar-refractivity contribution in [2.45, 2.75) is 31.7 Å². The lowest BCUT2D eigenvalue weighted by molar-refractivity contribution is 0.0426. The third kappa shape index (κ3) is 4.52. The third-order valence-electron chi connectivity index (χ3n) is 4.72. The van der Waals surface area contributed by atoms with Gasteiger partial charge in [-0.15, -0.1) is 0 Å².